The monoisotopic (exact) mass is 470 g/mol. The van der Waals surface area contributed by atoms with Gasteiger partial charge < -0.3 is 15.8 Å². The highest BCUT2D eigenvalue weighted by Crippen LogP contribution is 2.34. The van der Waals surface area contributed by atoms with Crippen LogP contribution in [0.2, 0.25) is 0 Å². The van der Waals surface area contributed by atoms with Gasteiger partial charge in [0.1, 0.15) is 5.69 Å². The molecule has 3 aromatic rings. The average Bonchev–Trinajstić information content (AvgIpc) is 2.87. The molecule has 2 aromatic carbocycles. The van der Waals surface area contributed by atoms with Gasteiger partial charge in [-0.25, -0.2) is 4.98 Å². The standard InChI is InChI=1S/C25H25F3N4O2/c26-25(27,28)20-6-5-19(12-29)21(11-20)17-3-1-16(2-4-17)13-31-24(33)23-15-30-14-22(32-23)18-7-9-34-10-8-18/h1-6,11,14-15,18H,7-10,12-13,29H2,(H,31,33). The second-order valence-electron chi connectivity index (χ2n) is 8.17. The summed E-state index contributed by atoms with van der Waals surface area (Å²) in [5.74, 6) is -0.107. The molecule has 0 unspecified atom stereocenters. The fraction of sp³-hybridized carbons (Fsp3) is 0.320. The number of carbonyl (C=O) groups excluding carboxylic acids is 1. The summed E-state index contributed by atoms with van der Waals surface area (Å²) in [6, 6.07) is 10.5. The van der Waals surface area contributed by atoms with Crippen molar-refractivity contribution in [2.75, 3.05) is 13.2 Å². The number of hydrogen-bond donors (Lipinski definition) is 2. The number of halogens is 3. The second kappa shape index (κ2) is 10.3. The number of nitrogens with zero attached hydrogens (tertiary/aromatic N) is 2. The van der Waals surface area contributed by atoms with Gasteiger partial charge in [-0.05, 0) is 47.2 Å². The molecule has 2 heterocycles. The molecule has 1 amide bonds. The SMILES string of the molecule is NCc1ccc(C(F)(F)F)cc1-c1ccc(CNC(=O)c2cncc(C3CCOCC3)n2)cc1. The van der Waals surface area contributed by atoms with Gasteiger partial charge in [0.05, 0.1) is 17.5 Å². The lowest BCUT2D eigenvalue weighted by molar-refractivity contribution is -0.137. The van der Waals surface area contributed by atoms with Crippen LogP contribution in [0, 0.1) is 0 Å². The van der Waals surface area contributed by atoms with E-state index in [0.717, 1.165) is 36.2 Å². The molecule has 1 aliphatic rings. The molecule has 6 nitrogen and oxygen atoms in total. The first-order chi connectivity index (χ1) is 16.3. The third kappa shape index (κ3) is 5.60. The van der Waals surface area contributed by atoms with Gasteiger partial charge in [0.15, 0.2) is 0 Å². The van der Waals surface area contributed by atoms with Crippen molar-refractivity contribution in [2.45, 2.75) is 38.0 Å². The number of aromatic nitrogens is 2. The van der Waals surface area contributed by atoms with Crippen molar-refractivity contribution in [3.63, 3.8) is 0 Å². The van der Waals surface area contributed by atoms with Crippen LogP contribution >= 0.6 is 0 Å². The van der Waals surface area contributed by atoms with Crippen LogP contribution in [-0.2, 0) is 24.0 Å². The minimum Gasteiger partial charge on any atom is -0.381 e. The first-order valence-corrected chi connectivity index (χ1v) is 11.0. The molecule has 3 N–H and O–H groups in total. The zero-order chi connectivity index (χ0) is 24.1. The largest absolute Gasteiger partial charge is 0.416 e. The maximum Gasteiger partial charge on any atom is 0.416 e. The van der Waals surface area contributed by atoms with E-state index >= 15 is 0 Å². The number of hydrogen-bond acceptors (Lipinski definition) is 5. The molecule has 0 saturated carbocycles. The fourth-order valence-corrected chi connectivity index (χ4v) is 3.96. The van der Waals surface area contributed by atoms with Crippen molar-refractivity contribution in [3.05, 3.63) is 82.9 Å². The Bertz CT molecular complexity index is 1140. The van der Waals surface area contributed by atoms with E-state index in [-0.39, 0.29) is 30.6 Å². The van der Waals surface area contributed by atoms with E-state index in [2.05, 4.69) is 15.3 Å². The van der Waals surface area contributed by atoms with E-state index in [1.165, 1.54) is 12.3 Å². The van der Waals surface area contributed by atoms with E-state index in [4.69, 9.17) is 10.5 Å². The molecule has 34 heavy (non-hydrogen) atoms. The molecule has 4 rings (SSSR count). The number of ether oxygens (including phenoxy) is 1. The zero-order valence-electron chi connectivity index (χ0n) is 18.4. The van der Waals surface area contributed by atoms with Crippen molar-refractivity contribution in [1.82, 2.24) is 15.3 Å². The summed E-state index contributed by atoms with van der Waals surface area (Å²) in [5, 5.41) is 2.82. The Labute approximate surface area is 195 Å². The molecule has 0 aliphatic carbocycles. The van der Waals surface area contributed by atoms with Crippen LogP contribution in [0.3, 0.4) is 0 Å². The van der Waals surface area contributed by atoms with Gasteiger partial charge in [-0.15, -0.1) is 0 Å². The van der Waals surface area contributed by atoms with E-state index in [1.54, 1.807) is 30.5 Å². The van der Waals surface area contributed by atoms with Gasteiger partial charge in [0.2, 0.25) is 0 Å². The number of alkyl halides is 3. The topological polar surface area (TPSA) is 90.1 Å². The Hall–Kier alpha value is -3.30. The Morgan fingerprint density at radius 2 is 1.82 bits per heavy atom. The first-order valence-electron chi connectivity index (χ1n) is 11.0. The quantitative estimate of drug-likeness (QED) is 0.556. The van der Waals surface area contributed by atoms with Crippen LogP contribution < -0.4 is 11.1 Å². The van der Waals surface area contributed by atoms with E-state index in [9.17, 15) is 18.0 Å². The maximum atomic E-state index is 13.1. The predicted octanol–water partition coefficient (Wildman–Crippen LogP) is 4.45. The van der Waals surface area contributed by atoms with Gasteiger partial charge in [0, 0.05) is 38.4 Å². The summed E-state index contributed by atoms with van der Waals surface area (Å²) < 4.78 is 44.8. The molecule has 1 aliphatic heterocycles. The second-order valence-corrected chi connectivity index (χ2v) is 8.17. The van der Waals surface area contributed by atoms with Crippen molar-refractivity contribution in [1.29, 1.82) is 0 Å². The fourth-order valence-electron chi connectivity index (χ4n) is 3.96. The minimum atomic E-state index is -4.43. The molecule has 0 atom stereocenters. The van der Waals surface area contributed by atoms with Crippen molar-refractivity contribution in [3.8, 4) is 11.1 Å². The average molecular weight is 470 g/mol. The molecular weight excluding hydrogens is 445 g/mol. The van der Waals surface area contributed by atoms with Gasteiger partial charge >= 0.3 is 6.18 Å². The van der Waals surface area contributed by atoms with Crippen LogP contribution in [0.4, 0.5) is 13.2 Å². The van der Waals surface area contributed by atoms with Crippen LogP contribution in [0.5, 0.6) is 0 Å². The third-order valence-corrected chi connectivity index (χ3v) is 5.90. The zero-order valence-corrected chi connectivity index (χ0v) is 18.4. The summed E-state index contributed by atoms with van der Waals surface area (Å²) in [6.07, 6.45) is 0.392. The van der Waals surface area contributed by atoms with E-state index < -0.39 is 11.7 Å². The molecule has 178 valence electrons. The lowest BCUT2D eigenvalue weighted by atomic mass is 9.96. The number of carbonyl (C=O) groups is 1. The molecule has 0 bridgehead atoms. The van der Waals surface area contributed by atoms with Gasteiger partial charge in [-0.1, -0.05) is 30.3 Å². The Morgan fingerprint density at radius 3 is 2.50 bits per heavy atom. The van der Waals surface area contributed by atoms with Gasteiger partial charge in [-0.3, -0.25) is 9.78 Å². The van der Waals surface area contributed by atoms with Crippen molar-refractivity contribution in [2.24, 2.45) is 5.73 Å². The Morgan fingerprint density at radius 1 is 1.09 bits per heavy atom. The molecular formula is C25H25F3N4O2. The number of benzene rings is 2. The summed E-state index contributed by atoms with van der Waals surface area (Å²) in [5.41, 5.74) is 8.52. The molecule has 1 fully saturated rings. The highest BCUT2D eigenvalue weighted by Gasteiger charge is 2.31. The minimum absolute atomic E-state index is 0.124. The van der Waals surface area contributed by atoms with Gasteiger partial charge in [-0.2, -0.15) is 13.2 Å². The molecule has 1 aromatic heterocycles. The third-order valence-electron chi connectivity index (χ3n) is 5.90. The number of amides is 1. The molecule has 0 radical (unpaired) electrons. The lowest BCUT2D eigenvalue weighted by Gasteiger charge is -2.21. The summed E-state index contributed by atoms with van der Waals surface area (Å²) >= 11 is 0. The van der Waals surface area contributed by atoms with Crippen LogP contribution in [0.25, 0.3) is 11.1 Å². The van der Waals surface area contributed by atoms with Crippen molar-refractivity contribution < 1.29 is 22.7 Å². The number of nitrogens with two attached hydrogens (primary N) is 1. The van der Waals surface area contributed by atoms with Crippen molar-refractivity contribution >= 4 is 5.91 Å². The smallest absolute Gasteiger partial charge is 0.381 e. The predicted molar refractivity (Wildman–Crippen MR) is 121 cm³/mol. The molecule has 1 saturated heterocycles. The maximum absolute atomic E-state index is 13.1. The highest BCUT2D eigenvalue weighted by atomic mass is 19.4. The highest BCUT2D eigenvalue weighted by molar-refractivity contribution is 5.91. The summed E-state index contributed by atoms with van der Waals surface area (Å²) in [7, 11) is 0. The van der Waals surface area contributed by atoms with E-state index in [1.807, 2.05) is 0 Å². The number of rotatable bonds is 6. The molecule has 9 heteroatoms. The first kappa shape index (κ1) is 23.8. The Kier molecular flexibility index (Phi) is 7.23. The molecule has 0 spiro atoms. The van der Waals surface area contributed by atoms with Crippen LogP contribution in [0.15, 0.2) is 54.9 Å². The van der Waals surface area contributed by atoms with Gasteiger partial charge in [0.25, 0.3) is 5.91 Å². The van der Waals surface area contributed by atoms with E-state index in [0.29, 0.717) is 29.9 Å². The van der Waals surface area contributed by atoms with Crippen LogP contribution in [-0.4, -0.2) is 29.1 Å². The summed E-state index contributed by atoms with van der Waals surface area (Å²) in [4.78, 5) is 21.2. The van der Waals surface area contributed by atoms with Crippen LogP contribution in [0.1, 0.15) is 51.6 Å². The Balaban J connectivity index is 1.43. The lowest BCUT2D eigenvalue weighted by Crippen LogP contribution is -2.25. The normalized spacial score (nSPS) is 14.7. The number of nitrogens with one attached hydrogen (secondary N) is 1. The summed E-state index contributed by atoms with van der Waals surface area (Å²) in [6.45, 7) is 1.71.